The van der Waals surface area contributed by atoms with E-state index in [0.717, 1.165) is 32.1 Å². The van der Waals surface area contributed by atoms with E-state index in [2.05, 4.69) is 32.0 Å². The fourth-order valence-corrected chi connectivity index (χ4v) is 3.91. The third-order valence-electron chi connectivity index (χ3n) is 5.69. The zero-order valence-electron chi connectivity index (χ0n) is 15.9. The summed E-state index contributed by atoms with van der Waals surface area (Å²) in [4.78, 5) is 24.0. The Morgan fingerprint density at radius 1 is 1.04 bits per heavy atom. The molecule has 0 aliphatic carbocycles. The molecule has 0 radical (unpaired) electrons. The fraction of sp³-hybridized carbons (Fsp3) is 0.579. The van der Waals surface area contributed by atoms with E-state index in [-0.39, 0.29) is 5.91 Å². The lowest BCUT2D eigenvalue weighted by Crippen LogP contribution is -2.50. The van der Waals surface area contributed by atoms with Gasteiger partial charge in [0.15, 0.2) is 0 Å². The molecule has 0 aromatic carbocycles. The topological polar surface area (TPSA) is 70.4 Å². The Balaban J connectivity index is 1.28. The fourth-order valence-electron chi connectivity index (χ4n) is 3.91. The number of carbonyl (C=O) groups is 1. The quantitative estimate of drug-likeness (QED) is 0.793. The standard InChI is InChI=1S/C19H27N7O/c1-23-6-4-16(5-7-23)13-24-8-10-25(11-9-24)19(27)17-2-3-18(20-12-17)26-14-21-22-15-26/h2-3,12,14-16H,4-11,13H2,1H3. The van der Waals surface area contributed by atoms with E-state index < -0.39 is 0 Å². The lowest BCUT2D eigenvalue weighted by molar-refractivity contribution is 0.0594. The summed E-state index contributed by atoms with van der Waals surface area (Å²) >= 11 is 0. The van der Waals surface area contributed by atoms with Crippen molar-refractivity contribution in [2.45, 2.75) is 12.8 Å². The highest BCUT2D eigenvalue weighted by molar-refractivity contribution is 5.94. The van der Waals surface area contributed by atoms with Gasteiger partial charge < -0.3 is 9.80 Å². The predicted molar refractivity (Wildman–Crippen MR) is 102 cm³/mol. The molecule has 2 saturated heterocycles. The van der Waals surface area contributed by atoms with Crippen molar-refractivity contribution in [1.82, 2.24) is 34.4 Å². The summed E-state index contributed by atoms with van der Waals surface area (Å²) in [5.74, 6) is 1.58. The Hall–Kier alpha value is -2.32. The van der Waals surface area contributed by atoms with Crippen LogP contribution < -0.4 is 0 Å². The maximum absolute atomic E-state index is 12.8. The lowest BCUT2D eigenvalue weighted by Gasteiger charge is -2.38. The van der Waals surface area contributed by atoms with E-state index in [1.165, 1.54) is 32.5 Å². The number of piperidine rings is 1. The number of likely N-dealkylation sites (tertiary alicyclic amines) is 1. The Morgan fingerprint density at radius 3 is 2.37 bits per heavy atom. The molecule has 27 heavy (non-hydrogen) atoms. The molecule has 0 saturated carbocycles. The Kier molecular flexibility index (Phi) is 5.45. The molecule has 0 atom stereocenters. The van der Waals surface area contributed by atoms with Gasteiger partial charge in [-0.15, -0.1) is 10.2 Å². The zero-order valence-corrected chi connectivity index (χ0v) is 15.9. The van der Waals surface area contributed by atoms with Crippen molar-refractivity contribution in [1.29, 1.82) is 0 Å². The first-order valence-electron chi connectivity index (χ1n) is 9.70. The van der Waals surface area contributed by atoms with E-state index >= 15 is 0 Å². The number of carbonyl (C=O) groups excluding carboxylic acids is 1. The molecule has 1 amide bonds. The van der Waals surface area contributed by atoms with Crippen LogP contribution in [0.3, 0.4) is 0 Å². The van der Waals surface area contributed by atoms with Crippen molar-refractivity contribution in [2.75, 3.05) is 52.9 Å². The Morgan fingerprint density at radius 2 is 1.74 bits per heavy atom. The maximum Gasteiger partial charge on any atom is 0.255 e. The largest absolute Gasteiger partial charge is 0.336 e. The van der Waals surface area contributed by atoms with Gasteiger partial charge in [0.25, 0.3) is 5.91 Å². The molecule has 144 valence electrons. The first kappa shape index (κ1) is 18.1. The van der Waals surface area contributed by atoms with Crippen molar-refractivity contribution >= 4 is 5.91 Å². The number of amides is 1. The van der Waals surface area contributed by atoms with E-state index in [9.17, 15) is 4.79 Å². The normalized spacial score (nSPS) is 20.1. The number of hydrogen-bond acceptors (Lipinski definition) is 6. The Bertz CT molecular complexity index is 730. The smallest absolute Gasteiger partial charge is 0.255 e. The molecule has 0 N–H and O–H groups in total. The second-order valence-electron chi connectivity index (χ2n) is 7.61. The average Bonchev–Trinajstić information content (AvgIpc) is 3.25. The number of rotatable bonds is 4. The van der Waals surface area contributed by atoms with Gasteiger partial charge in [-0.2, -0.15) is 0 Å². The van der Waals surface area contributed by atoms with Gasteiger partial charge >= 0.3 is 0 Å². The molecule has 0 unspecified atom stereocenters. The van der Waals surface area contributed by atoms with Crippen LogP contribution in [0.2, 0.25) is 0 Å². The van der Waals surface area contributed by atoms with Crippen LogP contribution in [-0.4, -0.2) is 93.2 Å². The molecule has 4 heterocycles. The van der Waals surface area contributed by atoms with Gasteiger partial charge in [0, 0.05) is 38.9 Å². The van der Waals surface area contributed by atoms with Crippen LogP contribution in [0.1, 0.15) is 23.2 Å². The van der Waals surface area contributed by atoms with Crippen LogP contribution in [-0.2, 0) is 0 Å². The minimum atomic E-state index is 0.0664. The summed E-state index contributed by atoms with van der Waals surface area (Å²) < 4.78 is 1.72. The van der Waals surface area contributed by atoms with Gasteiger partial charge in [-0.1, -0.05) is 0 Å². The maximum atomic E-state index is 12.8. The number of piperazine rings is 1. The van der Waals surface area contributed by atoms with Gasteiger partial charge in [0.05, 0.1) is 5.56 Å². The second kappa shape index (κ2) is 8.14. The summed E-state index contributed by atoms with van der Waals surface area (Å²) in [5.41, 5.74) is 0.635. The molecule has 2 aliphatic rings. The van der Waals surface area contributed by atoms with Crippen LogP contribution in [0.5, 0.6) is 0 Å². The van der Waals surface area contributed by atoms with Crippen molar-refractivity contribution < 1.29 is 4.79 Å². The summed E-state index contributed by atoms with van der Waals surface area (Å²) in [6.07, 6.45) is 7.41. The van der Waals surface area contributed by atoms with E-state index in [1.54, 1.807) is 23.4 Å². The first-order valence-corrected chi connectivity index (χ1v) is 9.70. The van der Waals surface area contributed by atoms with E-state index in [1.807, 2.05) is 17.0 Å². The molecule has 8 heteroatoms. The Labute approximate surface area is 159 Å². The molecule has 0 bridgehead atoms. The first-order chi connectivity index (χ1) is 13.2. The summed E-state index contributed by atoms with van der Waals surface area (Å²) in [6.45, 7) is 7.10. The average molecular weight is 369 g/mol. The van der Waals surface area contributed by atoms with Crippen LogP contribution in [0.15, 0.2) is 31.0 Å². The van der Waals surface area contributed by atoms with Gasteiger partial charge in [0.2, 0.25) is 0 Å². The molecule has 2 aliphatic heterocycles. The minimum Gasteiger partial charge on any atom is -0.336 e. The molecule has 4 rings (SSSR count). The van der Waals surface area contributed by atoms with Crippen molar-refractivity contribution in [3.63, 3.8) is 0 Å². The van der Waals surface area contributed by atoms with Crippen LogP contribution in [0.25, 0.3) is 5.82 Å². The second-order valence-corrected chi connectivity index (χ2v) is 7.61. The minimum absolute atomic E-state index is 0.0664. The number of pyridine rings is 1. The number of hydrogen-bond donors (Lipinski definition) is 0. The van der Waals surface area contributed by atoms with E-state index in [4.69, 9.17) is 0 Å². The highest BCUT2D eigenvalue weighted by atomic mass is 16.2. The molecule has 2 fully saturated rings. The molecule has 2 aromatic heterocycles. The van der Waals surface area contributed by atoms with Crippen molar-refractivity contribution in [3.05, 3.63) is 36.5 Å². The van der Waals surface area contributed by atoms with Crippen molar-refractivity contribution in [3.8, 4) is 5.82 Å². The SMILES string of the molecule is CN1CCC(CN2CCN(C(=O)c3ccc(-n4cnnc4)nc3)CC2)CC1. The number of aromatic nitrogens is 4. The van der Waals surface area contributed by atoms with Gasteiger partial charge in [-0.3, -0.25) is 14.3 Å². The van der Waals surface area contributed by atoms with E-state index in [0.29, 0.717) is 11.4 Å². The summed E-state index contributed by atoms with van der Waals surface area (Å²) in [6, 6.07) is 3.66. The molecule has 2 aromatic rings. The number of nitrogens with zero attached hydrogens (tertiary/aromatic N) is 7. The zero-order chi connectivity index (χ0) is 18.6. The molecule has 8 nitrogen and oxygen atoms in total. The summed E-state index contributed by atoms with van der Waals surface area (Å²) in [5, 5.41) is 7.55. The van der Waals surface area contributed by atoms with Gasteiger partial charge in [-0.05, 0) is 51.0 Å². The third-order valence-corrected chi connectivity index (χ3v) is 5.69. The summed E-state index contributed by atoms with van der Waals surface area (Å²) in [7, 11) is 2.20. The van der Waals surface area contributed by atoms with Crippen molar-refractivity contribution in [2.24, 2.45) is 5.92 Å². The van der Waals surface area contributed by atoms with Gasteiger partial charge in [0.1, 0.15) is 18.5 Å². The highest BCUT2D eigenvalue weighted by Crippen LogP contribution is 2.18. The molecule has 0 spiro atoms. The highest BCUT2D eigenvalue weighted by Gasteiger charge is 2.25. The van der Waals surface area contributed by atoms with Crippen LogP contribution in [0, 0.1) is 5.92 Å². The van der Waals surface area contributed by atoms with Crippen LogP contribution >= 0.6 is 0 Å². The third kappa shape index (κ3) is 4.33. The van der Waals surface area contributed by atoms with Crippen LogP contribution in [0.4, 0.5) is 0 Å². The predicted octanol–water partition coefficient (Wildman–Crippen LogP) is 0.762. The molecular weight excluding hydrogens is 342 g/mol. The monoisotopic (exact) mass is 369 g/mol. The van der Waals surface area contributed by atoms with Gasteiger partial charge in [-0.25, -0.2) is 4.98 Å². The molecular formula is C19H27N7O. The lowest BCUT2D eigenvalue weighted by atomic mass is 9.96.